The fraction of sp³-hybridized carbons (Fsp3) is 0.296. The van der Waals surface area contributed by atoms with Gasteiger partial charge in [-0.15, -0.1) is 0 Å². The first-order chi connectivity index (χ1) is 17.2. The lowest BCUT2D eigenvalue weighted by Gasteiger charge is -2.27. The van der Waals surface area contributed by atoms with Crippen LogP contribution < -0.4 is 14.4 Å². The minimum absolute atomic E-state index is 0.130. The van der Waals surface area contributed by atoms with Gasteiger partial charge in [-0.3, -0.25) is 9.52 Å². The number of anilines is 2. The van der Waals surface area contributed by atoms with Crippen LogP contribution in [0.15, 0.2) is 71.6 Å². The highest BCUT2D eigenvalue weighted by molar-refractivity contribution is 7.92. The van der Waals surface area contributed by atoms with Crippen LogP contribution in [0.5, 0.6) is 5.75 Å². The first kappa shape index (κ1) is 25.9. The summed E-state index contributed by atoms with van der Waals surface area (Å²) in [5.41, 5.74) is 2.61. The number of hydrogen-bond acceptors (Lipinski definition) is 5. The van der Waals surface area contributed by atoms with Crippen molar-refractivity contribution in [3.05, 3.63) is 82.9 Å². The maximum Gasteiger partial charge on any atom is 0.261 e. The maximum absolute atomic E-state index is 13.5. The molecule has 3 aromatic rings. The predicted octanol–water partition coefficient (Wildman–Crippen LogP) is 5.27. The molecule has 36 heavy (non-hydrogen) atoms. The standard InChI is InChI=1S/C27H30ClN3O4S/c1-30(2)26-15-10-21(29-36(33,34)23-13-11-22(35-3)12-14-23)16-20(26)18-31(17-19-8-9-19)27(32)24-6-4-5-7-25(24)28/h4-7,10-16,19,29H,8-9,17-18H2,1-3H3. The molecule has 0 aliphatic heterocycles. The zero-order valence-electron chi connectivity index (χ0n) is 20.6. The first-order valence-electron chi connectivity index (χ1n) is 11.7. The SMILES string of the molecule is COc1ccc(S(=O)(=O)Nc2ccc(N(C)C)c(CN(CC3CC3)C(=O)c3ccccc3Cl)c2)cc1. The van der Waals surface area contributed by atoms with E-state index in [1.54, 1.807) is 48.5 Å². The van der Waals surface area contributed by atoms with Crippen molar-refractivity contribution in [1.82, 2.24) is 4.90 Å². The second-order valence-electron chi connectivity index (χ2n) is 9.13. The van der Waals surface area contributed by atoms with E-state index in [2.05, 4.69) is 4.72 Å². The molecule has 3 aromatic carbocycles. The Hall–Kier alpha value is -3.23. The largest absolute Gasteiger partial charge is 0.497 e. The van der Waals surface area contributed by atoms with Gasteiger partial charge in [0.2, 0.25) is 0 Å². The van der Waals surface area contributed by atoms with Crippen molar-refractivity contribution in [2.24, 2.45) is 5.92 Å². The lowest BCUT2D eigenvalue weighted by atomic mass is 10.1. The van der Waals surface area contributed by atoms with Crippen molar-refractivity contribution in [2.45, 2.75) is 24.3 Å². The molecule has 9 heteroatoms. The molecule has 0 aromatic heterocycles. The molecule has 0 spiro atoms. The third kappa shape index (κ3) is 6.12. The van der Waals surface area contributed by atoms with E-state index in [4.69, 9.17) is 16.3 Å². The zero-order chi connectivity index (χ0) is 25.9. The van der Waals surface area contributed by atoms with Gasteiger partial charge in [-0.1, -0.05) is 23.7 Å². The van der Waals surface area contributed by atoms with E-state index in [-0.39, 0.29) is 10.8 Å². The van der Waals surface area contributed by atoms with Gasteiger partial charge in [0, 0.05) is 38.6 Å². The number of halogens is 1. The van der Waals surface area contributed by atoms with Crippen molar-refractivity contribution in [3.63, 3.8) is 0 Å². The molecule has 190 valence electrons. The summed E-state index contributed by atoms with van der Waals surface area (Å²) in [7, 11) is 1.55. The monoisotopic (exact) mass is 527 g/mol. The van der Waals surface area contributed by atoms with E-state index in [0.29, 0.717) is 41.0 Å². The number of rotatable bonds is 10. The molecule has 4 rings (SSSR count). The second kappa shape index (κ2) is 10.8. The average molecular weight is 528 g/mol. The lowest BCUT2D eigenvalue weighted by molar-refractivity contribution is 0.0735. The van der Waals surface area contributed by atoms with Crippen LogP contribution in [0.1, 0.15) is 28.8 Å². The summed E-state index contributed by atoms with van der Waals surface area (Å²) in [5.74, 6) is 0.905. The number of nitrogens with zero attached hydrogens (tertiary/aromatic N) is 2. The summed E-state index contributed by atoms with van der Waals surface area (Å²) in [6.07, 6.45) is 2.18. The van der Waals surface area contributed by atoms with Crippen molar-refractivity contribution < 1.29 is 17.9 Å². The number of benzene rings is 3. The summed E-state index contributed by atoms with van der Waals surface area (Å²) < 4.78 is 33.8. The summed E-state index contributed by atoms with van der Waals surface area (Å²) >= 11 is 6.33. The van der Waals surface area contributed by atoms with Gasteiger partial charge in [-0.25, -0.2) is 8.42 Å². The highest BCUT2D eigenvalue weighted by Gasteiger charge is 2.29. The van der Waals surface area contributed by atoms with Crippen molar-refractivity contribution >= 4 is 38.9 Å². The number of carbonyl (C=O) groups excluding carboxylic acids is 1. The molecule has 1 fully saturated rings. The highest BCUT2D eigenvalue weighted by Crippen LogP contribution is 2.33. The molecule has 1 saturated carbocycles. The molecule has 0 heterocycles. The molecule has 0 unspecified atom stereocenters. The molecule has 1 amide bonds. The number of methoxy groups -OCH3 is 1. The Kier molecular flexibility index (Phi) is 7.76. The van der Waals surface area contributed by atoms with Crippen LogP contribution in [-0.4, -0.2) is 47.0 Å². The average Bonchev–Trinajstić information content (AvgIpc) is 3.67. The fourth-order valence-corrected chi connectivity index (χ4v) is 5.29. The van der Waals surface area contributed by atoms with Gasteiger partial charge >= 0.3 is 0 Å². The van der Waals surface area contributed by atoms with E-state index in [9.17, 15) is 13.2 Å². The summed E-state index contributed by atoms with van der Waals surface area (Å²) in [6, 6.07) is 18.6. The van der Waals surface area contributed by atoms with E-state index in [1.807, 2.05) is 30.0 Å². The number of nitrogens with one attached hydrogen (secondary N) is 1. The smallest absolute Gasteiger partial charge is 0.261 e. The van der Waals surface area contributed by atoms with Crippen LogP contribution >= 0.6 is 11.6 Å². The number of amides is 1. The Bertz CT molecular complexity index is 1340. The van der Waals surface area contributed by atoms with Crippen molar-refractivity contribution in [2.75, 3.05) is 37.4 Å². The van der Waals surface area contributed by atoms with Crippen LogP contribution in [0.3, 0.4) is 0 Å². The second-order valence-corrected chi connectivity index (χ2v) is 11.2. The number of hydrogen-bond donors (Lipinski definition) is 1. The molecular formula is C27H30ClN3O4S. The molecule has 7 nitrogen and oxygen atoms in total. The maximum atomic E-state index is 13.5. The fourth-order valence-electron chi connectivity index (χ4n) is 4.02. The van der Waals surface area contributed by atoms with E-state index >= 15 is 0 Å². The Morgan fingerprint density at radius 1 is 1.06 bits per heavy atom. The predicted molar refractivity (Wildman–Crippen MR) is 143 cm³/mol. The highest BCUT2D eigenvalue weighted by atomic mass is 35.5. The third-order valence-corrected chi connectivity index (χ3v) is 7.84. The molecule has 0 atom stereocenters. The molecule has 0 radical (unpaired) electrons. The Balaban J connectivity index is 1.63. The Morgan fingerprint density at radius 3 is 2.36 bits per heavy atom. The van der Waals surface area contributed by atoms with Gasteiger partial charge in [0.25, 0.3) is 15.9 Å². The third-order valence-electron chi connectivity index (χ3n) is 6.11. The minimum atomic E-state index is -3.81. The van der Waals surface area contributed by atoms with Gasteiger partial charge < -0.3 is 14.5 Å². The zero-order valence-corrected chi connectivity index (χ0v) is 22.1. The van der Waals surface area contributed by atoms with E-state index in [1.165, 1.54) is 19.2 Å². The molecule has 1 aliphatic rings. The Morgan fingerprint density at radius 2 is 1.75 bits per heavy atom. The van der Waals surface area contributed by atoms with Crippen LogP contribution in [-0.2, 0) is 16.6 Å². The molecule has 1 N–H and O–H groups in total. The van der Waals surface area contributed by atoms with Gasteiger partial charge in [0.15, 0.2) is 0 Å². The quantitative estimate of drug-likeness (QED) is 0.388. The Labute approximate surface area is 217 Å². The normalized spacial score (nSPS) is 13.2. The minimum Gasteiger partial charge on any atom is -0.497 e. The molecule has 0 saturated heterocycles. The number of ether oxygens (including phenoxy) is 1. The van der Waals surface area contributed by atoms with Gasteiger partial charge in [-0.05, 0) is 78.9 Å². The first-order valence-corrected chi connectivity index (χ1v) is 13.5. The molecule has 1 aliphatic carbocycles. The van der Waals surface area contributed by atoms with Crippen LogP contribution in [0.2, 0.25) is 5.02 Å². The molecular weight excluding hydrogens is 498 g/mol. The van der Waals surface area contributed by atoms with Crippen molar-refractivity contribution in [3.8, 4) is 5.75 Å². The molecule has 0 bridgehead atoms. The van der Waals surface area contributed by atoms with Gasteiger partial charge in [-0.2, -0.15) is 0 Å². The summed E-state index contributed by atoms with van der Waals surface area (Å²) in [6.45, 7) is 0.949. The van der Waals surface area contributed by atoms with E-state index in [0.717, 1.165) is 24.1 Å². The van der Waals surface area contributed by atoms with E-state index < -0.39 is 10.0 Å². The lowest BCUT2D eigenvalue weighted by Crippen LogP contribution is -2.33. The topological polar surface area (TPSA) is 79.0 Å². The van der Waals surface area contributed by atoms with Crippen LogP contribution in [0.25, 0.3) is 0 Å². The van der Waals surface area contributed by atoms with Crippen molar-refractivity contribution in [1.29, 1.82) is 0 Å². The van der Waals surface area contributed by atoms with Crippen LogP contribution in [0, 0.1) is 5.92 Å². The summed E-state index contributed by atoms with van der Waals surface area (Å²) in [4.78, 5) is 17.4. The van der Waals surface area contributed by atoms with Crippen LogP contribution in [0.4, 0.5) is 11.4 Å². The number of sulfonamides is 1. The van der Waals surface area contributed by atoms with Gasteiger partial charge in [0.1, 0.15) is 5.75 Å². The summed E-state index contributed by atoms with van der Waals surface area (Å²) in [5, 5.41) is 0.414. The van der Waals surface area contributed by atoms with Gasteiger partial charge in [0.05, 0.1) is 22.6 Å². The number of carbonyl (C=O) groups is 1.